The highest BCUT2D eigenvalue weighted by Crippen LogP contribution is 2.38. The number of hydrogen-bond donors (Lipinski definition) is 1. The van der Waals surface area contributed by atoms with Gasteiger partial charge >= 0.3 is 0 Å². The number of amides is 2. The molecule has 1 aliphatic heterocycles. The van der Waals surface area contributed by atoms with E-state index in [1.54, 1.807) is 19.1 Å². The molecule has 1 aromatic carbocycles. The zero-order chi connectivity index (χ0) is 21.5. The molecule has 2 atom stereocenters. The Balaban J connectivity index is 1.52. The van der Waals surface area contributed by atoms with E-state index in [4.69, 9.17) is 0 Å². The fourth-order valence-electron chi connectivity index (χ4n) is 5.26. The molecule has 2 aliphatic carbocycles. The van der Waals surface area contributed by atoms with E-state index >= 15 is 0 Å². The number of carbonyl (C=O) groups is 2. The largest absolute Gasteiger partial charge is 0.278 e. The minimum atomic E-state index is -3.65. The lowest BCUT2D eigenvalue weighted by molar-refractivity contribution is -0.140. The standard InChI is InChI=1S/C23H32N2O4S/c1-15-7-11-18(12-8-15)24-30(28,29)21-13-17(10-9-16(21)2)14-25-22(26)19-5-3-4-6-20(19)23(25)27/h9-10,13,15,18-20,24H,3-8,11-12,14H2,1-2H3/t15?,18?,19-,20-/m0/s1. The third kappa shape index (κ3) is 4.19. The zero-order valence-corrected chi connectivity index (χ0v) is 18.7. The molecule has 1 saturated heterocycles. The van der Waals surface area contributed by atoms with Crippen molar-refractivity contribution >= 4 is 21.8 Å². The maximum Gasteiger partial charge on any atom is 0.241 e. The molecule has 1 heterocycles. The van der Waals surface area contributed by atoms with Crippen LogP contribution in [0.1, 0.15) is 69.4 Å². The molecule has 0 aromatic heterocycles. The molecule has 7 heteroatoms. The fraction of sp³-hybridized carbons (Fsp3) is 0.652. The number of carbonyl (C=O) groups excluding carboxylic acids is 2. The van der Waals surface area contributed by atoms with E-state index in [0.29, 0.717) is 17.0 Å². The van der Waals surface area contributed by atoms with Gasteiger partial charge in [0.05, 0.1) is 23.3 Å². The van der Waals surface area contributed by atoms with Crippen LogP contribution in [0.15, 0.2) is 23.1 Å². The smallest absolute Gasteiger partial charge is 0.241 e. The Bertz CT molecular complexity index is 911. The van der Waals surface area contributed by atoms with Crippen molar-refractivity contribution in [1.82, 2.24) is 9.62 Å². The lowest BCUT2D eigenvalue weighted by atomic mass is 9.81. The molecule has 3 fully saturated rings. The molecule has 3 aliphatic rings. The molecule has 164 valence electrons. The van der Waals surface area contributed by atoms with Crippen molar-refractivity contribution in [1.29, 1.82) is 0 Å². The lowest BCUT2D eigenvalue weighted by Gasteiger charge is -2.27. The minimum Gasteiger partial charge on any atom is -0.278 e. The average Bonchev–Trinajstić information content (AvgIpc) is 2.96. The van der Waals surface area contributed by atoms with Crippen molar-refractivity contribution in [3.63, 3.8) is 0 Å². The van der Waals surface area contributed by atoms with Crippen LogP contribution in [0.25, 0.3) is 0 Å². The van der Waals surface area contributed by atoms with Crippen LogP contribution in [0.4, 0.5) is 0 Å². The Hall–Kier alpha value is -1.73. The zero-order valence-electron chi connectivity index (χ0n) is 17.9. The summed E-state index contributed by atoms with van der Waals surface area (Å²) < 4.78 is 29.0. The fourth-order valence-corrected chi connectivity index (χ4v) is 6.86. The van der Waals surface area contributed by atoms with Gasteiger partial charge in [-0.3, -0.25) is 14.5 Å². The first-order chi connectivity index (χ1) is 14.3. The highest BCUT2D eigenvalue weighted by Gasteiger charge is 2.47. The number of hydrogen-bond acceptors (Lipinski definition) is 4. The minimum absolute atomic E-state index is 0.0286. The van der Waals surface area contributed by atoms with Crippen molar-refractivity contribution in [2.45, 2.75) is 82.7 Å². The first kappa shape index (κ1) is 21.5. The van der Waals surface area contributed by atoms with Crippen LogP contribution in [-0.4, -0.2) is 31.2 Å². The van der Waals surface area contributed by atoms with Crippen LogP contribution in [0.3, 0.4) is 0 Å². The third-order valence-corrected chi connectivity index (χ3v) is 8.82. The highest BCUT2D eigenvalue weighted by atomic mass is 32.2. The number of imide groups is 1. The molecule has 30 heavy (non-hydrogen) atoms. The highest BCUT2D eigenvalue weighted by molar-refractivity contribution is 7.89. The molecule has 0 unspecified atom stereocenters. The molecular weight excluding hydrogens is 400 g/mol. The summed E-state index contributed by atoms with van der Waals surface area (Å²) >= 11 is 0. The summed E-state index contributed by atoms with van der Waals surface area (Å²) in [5.41, 5.74) is 1.35. The maximum atomic E-state index is 13.1. The molecule has 0 bridgehead atoms. The Morgan fingerprint density at radius 1 is 0.967 bits per heavy atom. The van der Waals surface area contributed by atoms with Gasteiger partial charge < -0.3 is 0 Å². The summed E-state index contributed by atoms with van der Waals surface area (Å²) in [6.07, 6.45) is 7.34. The maximum absolute atomic E-state index is 13.1. The van der Waals surface area contributed by atoms with Gasteiger partial charge in [-0.2, -0.15) is 0 Å². The van der Waals surface area contributed by atoms with E-state index in [-0.39, 0.29) is 41.1 Å². The van der Waals surface area contributed by atoms with Crippen molar-refractivity contribution in [2.75, 3.05) is 0 Å². The van der Waals surface area contributed by atoms with Crippen LogP contribution in [-0.2, 0) is 26.2 Å². The average molecular weight is 433 g/mol. The van der Waals surface area contributed by atoms with Gasteiger partial charge in [-0.25, -0.2) is 13.1 Å². The summed E-state index contributed by atoms with van der Waals surface area (Å²) in [5, 5.41) is 0. The second kappa shape index (κ2) is 8.42. The topological polar surface area (TPSA) is 83.6 Å². The summed E-state index contributed by atoms with van der Waals surface area (Å²) in [6.45, 7) is 4.13. The molecule has 1 aromatic rings. The van der Waals surface area contributed by atoms with Crippen LogP contribution in [0, 0.1) is 24.7 Å². The van der Waals surface area contributed by atoms with Crippen LogP contribution >= 0.6 is 0 Å². The number of nitrogens with one attached hydrogen (secondary N) is 1. The van der Waals surface area contributed by atoms with E-state index in [9.17, 15) is 18.0 Å². The predicted molar refractivity (Wildman–Crippen MR) is 114 cm³/mol. The van der Waals surface area contributed by atoms with Gasteiger partial charge in [0.15, 0.2) is 0 Å². The summed E-state index contributed by atoms with van der Waals surface area (Å²) in [7, 11) is -3.65. The van der Waals surface area contributed by atoms with Gasteiger partial charge in [0.25, 0.3) is 0 Å². The summed E-state index contributed by atoms with van der Waals surface area (Å²) in [5.74, 6) is 0.0915. The molecule has 2 saturated carbocycles. The second-order valence-corrected chi connectivity index (χ2v) is 11.1. The Morgan fingerprint density at radius 2 is 1.57 bits per heavy atom. The molecule has 2 amide bonds. The lowest BCUT2D eigenvalue weighted by Crippen LogP contribution is -2.37. The van der Waals surface area contributed by atoms with E-state index in [1.165, 1.54) is 4.90 Å². The van der Waals surface area contributed by atoms with Crippen molar-refractivity contribution < 1.29 is 18.0 Å². The van der Waals surface area contributed by atoms with Gasteiger partial charge in [0.1, 0.15) is 0 Å². The monoisotopic (exact) mass is 432 g/mol. The normalized spacial score (nSPS) is 29.9. The SMILES string of the molecule is Cc1ccc(CN2C(=O)[C@H]3CCCC[C@@H]3C2=O)cc1S(=O)(=O)NC1CCC(C)CC1. The van der Waals surface area contributed by atoms with Gasteiger partial charge in [0.2, 0.25) is 21.8 Å². The number of benzene rings is 1. The Labute approximate surface area is 179 Å². The number of aryl methyl sites for hydroxylation is 1. The number of sulfonamides is 1. The molecule has 0 spiro atoms. The quantitative estimate of drug-likeness (QED) is 0.722. The first-order valence-electron chi connectivity index (χ1n) is 11.2. The molecule has 6 nitrogen and oxygen atoms in total. The molecule has 4 rings (SSSR count). The van der Waals surface area contributed by atoms with Gasteiger partial charge in [0, 0.05) is 6.04 Å². The predicted octanol–water partition coefficient (Wildman–Crippen LogP) is 3.53. The van der Waals surface area contributed by atoms with Crippen LogP contribution in [0.5, 0.6) is 0 Å². The number of nitrogens with zero attached hydrogens (tertiary/aromatic N) is 1. The van der Waals surface area contributed by atoms with Gasteiger partial charge in [-0.1, -0.05) is 31.9 Å². The molecule has 0 radical (unpaired) electrons. The number of fused-ring (bicyclic) bond motifs is 1. The van der Waals surface area contributed by atoms with Gasteiger partial charge in [-0.05, 0) is 68.6 Å². The summed E-state index contributed by atoms with van der Waals surface area (Å²) in [6, 6.07) is 5.19. The van der Waals surface area contributed by atoms with Crippen LogP contribution < -0.4 is 4.72 Å². The van der Waals surface area contributed by atoms with Crippen LogP contribution in [0.2, 0.25) is 0 Å². The third-order valence-electron chi connectivity index (χ3n) is 7.15. The van der Waals surface area contributed by atoms with Crippen molar-refractivity contribution in [2.24, 2.45) is 17.8 Å². The Kier molecular flexibility index (Phi) is 6.04. The number of likely N-dealkylation sites (tertiary alicyclic amines) is 1. The first-order valence-corrected chi connectivity index (χ1v) is 12.7. The van der Waals surface area contributed by atoms with Gasteiger partial charge in [-0.15, -0.1) is 0 Å². The molecule has 1 N–H and O–H groups in total. The van der Waals surface area contributed by atoms with E-state index < -0.39 is 10.0 Å². The summed E-state index contributed by atoms with van der Waals surface area (Å²) in [4.78, 5) is 27.1. The van der Waals surface area contributed by atoms with E-state index in [2.05, 4.69) is 11.6 Å². The Morgan fingerprint density at radius 3 is 2.17 bits per heavy atom. The van der Waals surface area contributed by atoms with E-state index in [0.717, 1.165) is 51.4 Å². The van der Waals surface area contributed by atoms with E-state index in [1.807, 2.05) is 6.07 Å². The second-order valence-electron chi connectivity index (χ2n) is 9.44. The number of rotatable bonds is 5. The molecular formula is C23H32N2O4S. The van der Waals surface area contributed by atoms with Crippen molar-refractivity contribution in [3.05, 3.63) is 29.3 Å². The van der Waals surface area contributed by atoms with Crippen molar-refractivity contribution in [3.8, 4) is 0 Å².